The molecule has 90 valence electrons. The van der Waals surface area contributed by atoms with Crippen LogP contribution >= 0.6 is 22.6 Å². The highest BCUT2D eigenvalue weighted by Crippen LogP contribution is 2.27. The second-order valence-electron chi connectivity index (χ2n) is 4.00. The second kappa shape index (κ2) is 5.03. The molecule has 0 amide bonds. The quantitative estimate of drug-likeness (QED) is 0.685. The third kappa shape index (κ3) is 2.59. The van der Waals surface area contributed by atoms with E-state index in [0.29, 0.717) is 17.5 Å². The molecular formula is C12H14IN3O. The summed E-state index contributed by atoms with van der Waals surface area (Å²) in [5.41, 5.74) is 7.37. The fourth-order valence-electron chi connectivity index (χ4n) is 1.44. The predicted octanol–water partition coefficient (Wildman–Crippen LogP) is 3.44. The molecule has 2 aromatic rings. The number of benzene rings is 1. The number of nitrogens with zero attached hydrogens (tertiary/aromatic N) is 2. The molecule has 0 radical (unpaired) electrons. The van der Waals surface area contributed by atoms with Crippen molar-refractivity contribution < 1.29 is 4.52 Å². The molecule has 0 aliphatic rings. The molecule has 1 heterocycles. The summed E-state index contributed by atoms with van der Waals surface area (Å²) in [6, 6.07) is 5.75. The van der Waals surface area contributed by atoms with Gasteiger partial charge < -0.3 is 10.3 Å². The number of halogens is 1. The van der Waals surface area contributed by atoms with E-state index in [1.54, 1.807) is 0 Å². The molecule has 0 aliphatic carbocycles. The predicted molar refractivity (Wildman–Crippen MR) is 75.6 cm³/mol. The van der Waals surface area contributed by atoms with E-state index in [2.05, 4.69) is 46.6 Å². The Hall–Kier alpha value is -1.11. The monoisotopic (exact) mass is 343 g/mol. The van der Waals surface area contributed by atoms with Crippen molar-refractivity contribution in [2.24, 2.45) is 0 Å². The molecular weight excluding hydrogens is 329 g/mol. The van der Waals surface area contributed by atoms with Crippen LogP contribution in [0.25, 0.3) is 11.5 Å². The maximum Gasteiger partial charge on any atom is 0.260 e. The topological polar surface area (TPSA) is 64.9 Å². The number of aromatic nitrogens is 2. The lowest BCUT2D eigenvalue weighted by Crippen LogP contribution is -1.94. The van der Waals surface area contributed by atoms with Gasteiger partial charge in [0.15, 0.2) is 5.82 Å². The minimum Gasteiger partial charge on any atom is -0.398 e. The van der Waals surface area contributed by atoms with E-state index in [-0.39, 0.29) is 0 Å². The van der Waals surface area contributed by atoms with Crippen LogP contribution in [0.4, 0.5) is 5.69 Å². The van der Waals surface area contributed by atoms with Crippen LogP contribution in [-0.4, -0.2) is 10.1 Å². The molecule has 0 bridgehead atoms. The largest absolute Gasteiger partial charge is 0.398 e. The Morgan fingerprint density at radius 1 is 1.47 bits per heavy atom. The van der Waals surface area contributed by atoms with Crippen molar-refractivity contribution in [2.75, 3.05) is 5.73 Å². The molecule has 17 heavy (non-hydrogen) atoms. The molecule has 4 nitrogen and oxygen atoms in total. The molecule has 2 N–H and O–H groups in total. The molecule has 0 saturated carbocycles. The van der Waals surface area contributed by atoms with Gasteiger partial charge in [0.05, 0.1) is 5.56 Å². The Morgan fingerprint density at radius 2 is 2.24 bits per heavy atom. The first kappa shape index (κ1) is 12.3. The minimum absolute atomic E-state index is 0.302. The lowest BCUT2D eigenvalue weighted by atomic mass is 10.1. The van der Waals surface area contributed by atoms with Crippen LogP contribution in [0.1, 0.15) is 32.0 Å². The average Bonchev–Trinajstić information content (AvgIpc) is 2.80. The van der Waals surface area contributed by atoms with Gasteiger partial charge in [0.2, 0.25) is 0 Å². The zero-order chi connectivity index (χ0) is 12.4. The third-order valence-electron chi connectivity index (χ3n) is 2.74. The number of hydrogen-bond donors (Lipinski definition) is 1. The number of nitrogen functional groups attached to an aromatic ring is 1. The minimum atomic E-state index is 0.302. The summed E-state index contributed by atoms with van der Waals surface area (Å²) < 4.78 is 6.36. The van der Waals surface area contributed by atoms with Gasteiger partial charge in [-0.1, -0.05) is 19.0 Å². The van der Waals surface area contributed by atoms with Crippen LogP contribution in [0.2, 0.25) is 0 Å². The molecule has 0 aliphatic heterocycles. The summed E-state index contributed by atoms with van der Waals surface area (Å²) in [7, 11) is 0. The Bertz CT molecular complexity index is 524. The van der Waals surface area contributed by atoms with E-state index < -0.39 is 0 Å². The Kier molecular flexibility index (Phi) is 3.66. The van der Waals surface area contributed by atoms with E-state index >= 15 is 0 Å². The zero-order valence-corrected chi connectivity index (χ0v) is 11.9. The molecule has 1 unspecified atom stereocenters. The number of hydrogen-bond acceptors (Lipinski definition) is 4. The molecule has 0 fully saturated rings. The molecule has 1 aromatic heterocycles. The molecule has 5 heteroatoms. The highest BCUT2D eigenvalue weighted by molar-refractivity contribution is 14.1. The number of rotatable bonds is 3. The first-order valence-electron chi connectivity index (χ1n) is 5.50. The van der Waals surface area contributed by atoms with Gasteiger partial charge in [-0.05, 0) is 47.2 Å². The molecule has 1 atom stereocenters. The van der Waals surface area contributed by atoms with Gasteiger partial charge >= 0.3 is 0 Å². The smallest absolute Gasteiger partial charge is 0.260 e. The van der Waals surface area contributed by atoms with Crippen molar-refractivity contribution in [1.29, 1.82) is 0 Å². The number of nitrogens with two attached hydrogens (primary N) is 1. The summed E-state index contributed by atoms with van der Waals surface area (Å²) in [4.78, 5) is 4.39. The van der Waals surface area contributed by atoms with Crippen molar-refractivity contribution in [3.8, 4) is 11.5 Å². The van der Waals surface area contributed by atoms with E-state index in [1.807, 2.05) is 18.2 Å². The van der Waals surface area contributed by atoms with Crippen LogP contribution in [0.15, 0.2) is 22.7 Å². The normalized spacial score (nSPS) is 12.6. The third-order valence-corrected chi connectivity index (χ3v) is 3.41. The highest BCUT2D eigenvalue weighted by Gasteiger charge is 2.15. The van der Waals surface area contributed by atoms with Crippen molar-refractivity contribution >= 4 is 28.3 Å². The van der Waals surface area contributed by atoms with Crippen LogP contribution in [0.5, 0.6) is 0 Å². The molecule has 0 spiro atoms. The van der Waals surface area contributed by atoms with Crippen molar-refractivity contribution in [3.63, 3.8) is 0 Å². The Morgan fingerprint density at radius 3 is 2.94 bits per heavy atom. The van der Waals surface area contributed by atoms with Gasteiger partial charge in [-0.2, -0.15) is 4.98 Å². The summed E-state index contributed by atoms with van der Waals surface area (Å²) in [6.07, 6.45) is 0.987. The van der Waals surface area contributed by atoms with Crippen LogP contribution < -0.4 is 5.73 Å². The summed E-state index contributed by atoms with van der Waals surface area (Å²) in [6.45, 7) is 4.17. The standard InChI is InChI=1S/C12H14IN3O/c1-3-7(2)11-15-12(17-16-11)9-6-8(13)4-5-10(9)14/h4-7H,3,14H2,1-2H3. The van der Waals surface area contributed by atoms with E-state index in [0.717, 1.165) is 21.4 Å². The fourth-order valence-corrected chi connectivity index (χ4v) is 1.93. The average molecular weight is 343 g/mol. The highest BCUT2D eigenvalue weighted by atomic mass is 127. The summed E-state index contributed by atoms with van der Waals surface area (Å²) in [5, 5.41) is 3.99. The van der Waals surface area contributed by atoms with Crippen LogP contribution in [-0.2, 0) is 0 Å². The zero-order valence-electron chi connectivity index (χ0n) is 9.77. The van der Waals surface area contributed by atoms with Crippen LogP contribution in [0.3, 0.4) is 0 Å². The van der Waals surface area contributed by atoms with E-state index in [4.69, 9.17) is 10.3 Å². The van der Waals surface area contributed by atoms with Gasteiger partial charge in [-0.3, -0.25) is 0 Å². The van der Waals surface area contributed by atoms with E-state index in [9.17, 15) is 0 Å². The lowest BCUT2D eigenvalue weighted by Gasteiger charge is -2.01. The number of anilines is 1. The van der Waals surface area contributed by atoms with Crippen molar-refractivity contribution in [2.45, 2.75) is 26.2 Å². The SMILES string of the molecule is CCC(C)c1noc(-c2cc(I)ccc2N)n1. The Labute approximate surface area is 114 Å². The lowest BCUT2D eigenvalue weighted by molar-refractivity contribution is 0.416. The molecule has 0 saturated heterocycles. The van der Waals surface area contributed by atoms with E-state index in [1.165, 1.54) is 0 Å². The van der Waals surface area contributed by atoms with Gasteiger partial charge in [0, 0.05) is 15.2 Å². The first-order chi connectivity index (χ1) is 8.11. The maximum absolute atomic E-state index is 5.91. The van der Waals surface area contributed by atoms with Gasteiger partial charge in [-0.25, -0.2) is 0 Å². The van der Waals surface area contributed by atoms with Gasteiger partial charge in [0.1, 0.15) is 0 Å². The van der Waals surface area contributed by atoms with Crippen molar-refractivity contribution in [1.82, 2.24) is 10.1 Å². The fraction of sp³-hybridized carbons (Fsp3) is 0.333. The van der Waals surface area contributed by atoms with Gasteiger partial charge in [-0.15, -0.1) is 0 Å². The van der Waals surface area contributed by atoms with Gasteiger partial charge in [0.25, 0.3) is 5.89 Å². The maximum atomic E-state index is 5.91. The second-order valence-corrected chi connectivity index (χ2v) is 5.24. The molecule has 1 aromatic carbocycles. The van der Waals surface area contributed by atoms with Crippen LogP contribution in [0, 0.1) is 3.57 Å². The first-order valence-corrected chi connectivity index (χ1v) is 6.58. The summed E-state index contributed by atoms with van der Waals surface area (Å²) >= 11 is 2.23. The summed E-state index contributed by atoms with van der Waals surface area (Å²) in [5.74, 6) is 1.54. The Balaban J connectivity index is 2.40. The van der Waals surface area contributed by atoms with Crippen molar-refractivity contribution in [3.05, 3.63) is 27.6 Å². The molecule has 2 rings (SSSR count).